The maximum atomic E-state index is 12.2. The summed E-state index contributed by atoms with van der Waals surface area (Å²) >= 11 is 5.79. The van der Waals surface area contributed by atoms with Crippen LogP contribution in [-0.4, -0.2) is 8.42 Å². The van der Waals surface area contributed by atoms with E-state index in [-0.39, 0.29) is 4.90 Å². The van der Waals surface area contributed by atoms with Gasteiger partial charge in [-0.05, 0) is 36.8 Å². The summed E-state index contributed by atoms with van der Waals surface area (Å²) in [6.45, 7) is 1.74. The second-order valence-electron chi connectivity index (χ2n) is 4.11. The normalized spacial score (nSPS) is 11.3. The van der Waals surface area contributed by atoms with Gasteiger partial charge in [0.1, 0.15) is 0 Å². The standard InChI is InChI=1S/C13H13ClN2O2S/c1-9-4-2-3-5-13(9)19(17,18)16-10-6-7-11(14)12(15)8-10/h2-8,16H,15H2,1H3. The van der Waals surface area contributed by atoms with Crippen molar-refractivity contribution >= 4 is 33.0 Å². The first-order chi connectivity index (χ1) is 8.90. The monoisotopic (exact) mass is 296 g/mol. The van der Waals surface area contributed by atoms with Crippen LogP contribution < -0.4 is 10.5 Å². The minimum Gasteiger partial charge on any atom is -0.397 e. The van der Waals surface area contributed by atoms with Crippen LogP contribution in [0.5, 0.6) is 0 Å². The van der Waals surface area contributed by atoms with Crippen LogP contribution in [-0.2, 0) is 10.0 Å². The molecule has 2 aromatic carbocycles. The summed E-state index contributed by atoms with van der Waals surface area (Å²) in [5.74, 6) is 0. The number of nitrogens with two attached hydrogens (primary N) is 1. The molecule has 3 N–H and O–H groups in total. The average Bonchev–Trinajstić information content (AvgIpc) is 2.34. The maximum Gasteiger partial charge on any atom is 0.262 e. The van der Waals surface area contributed by atoms with E-state index < -0.39 is 10.0 Å². The molecule has 0 saturated carbocycles. The van der Waals surface area contributed by atoms with Gasteiger partial charge in [-0.1, -0.05) is 29.8 Å². The van der Waals surface area contributed by atoms with E-state index in [1.807, 2.05) is 0 Å². The first-order valence-electron chi connectivity index (χ1n) is 5.53. The number of nitrogens with one attached hydrogen (secondary N) is 1. The maximum absolute atomic E-state index is 12.2. The predicted octanol–water partition coefficient (Wildman–Crippen LogP) is 3.03. The number of hydrogen-bond donors (Lipinski definition) is 2. The fourth-order valence-corrected chi connectivity index (χ4v) is 3.09. The number of rotatable bonds is 3. The molecule has 0 fully saturated rings. The summed E-state index contributed by atoms with van der Waals surface area (Å²) in [5.41, 5.74) is 7.02. The first kappa shape index (κ1) is 13.7. The topological polar surface area (TPSA) is 72.2 Å². The molecule has 0 amide bonds. The van der Waals surface area contributed by atoms with E-state index in [0.717, 1.165) is 0 Å². The third-order valence-electron chi connectivity index (χ3n) is 2.63. The van der Waals surface area contributed by atoms with E-state index in [0.29, 0.717) is 22.0 Å². The van der Waals surface area contributed by atoms with Crippen molar-refractivity contribution in [2.45, 2.75) is 11.8 Å². The number of anilines is 2. The molecule has 19 heavy (non-hydrogen) atoms. The lowest BCUT2D eigenvalue weighted by Gasteiger charge is -2.11. The Morgan fingerprint density at radius 1 is 1.16 bits per heavy atom. The minimum absolute atomic E-state index is 0.239. The Hall–Kier alpha value is -1.72. The van der Waals surface area contributed by atoms with Crippen LogP contribution in [0.3, 0.4) is 0 Å². The third kappa shape index (κ3) is 3.00. The smallest absolute Gasteiger partial charge is 0.262 e. The summed E-state index contributed by atoms with van der Waals surface area (Å²) in [5, 5.41) is 0.388. The molecule has 0 aromatic heterocycles. The van der Waals surface area contributed by atoms with Crippen molar-refractivity contribution < 1.29 is 8.42 Å². The van der Waals surface area contributed by atoms with Crippen LogP contribution in [0.4, 0.5) is 11.4 Å². The second kappa shape index (κ2) is 5.11. The van der Waals surface area contributed by atoms with E-state index in [1.165, 1.54) is 6.07 Å². The number of nitrogen functional groups attached to an aromatic ring is 1. The highest BCUT2D eigenvalue weighted by Gasteiger charge is 2.16. The third-order valence-corrected chi connectivity index (χ3v) is 4.52. The van der Waals surface area contributed by atoms with E-state index in [4.69, 9.17) is 17.3 Å². The Morgan fingerprint density at radius 2 is 1.84 bits per heavy atom. The van der Waals surface area contributed by atoms with E-state index in [9.17, 15) is 8.42 Å². The van der Waals surface area contributed by atoms with E-state index >= 15 is 0 Å². The summed E-state index contributed by atoms with van der Waals surface area (Å²) < 4.78 is 26.9. The van der Waals surface area contributed by atoms with E-state index in [1.54, 1.807) is 43.3 Å². The zero-order valence-electron chi connectivity index (χ0n) is 10.2. The van der Waals surface area contributed by atoms with E-state index in [2.05, 4.69) is 4.72 Å². The number of benzene rings is 2. The molecule has 0 heterocycles. The highest BCUT2D eigenvalue weighted by molar-refractivity contribution is 7.92. The van der Waals surface area contributed by atoms with Crippen LogP contribution in [0.2, 0.25) is 5.02 Å². The predicted molar refractivity (Wildman–Crippen MR) is 77.9 cm³/mol. The molecule has 0 aliphatic carbocycles. The van der Waals surface area contributed by atoms with Crippen molar-refractivity contribution in [3.05, 3.63) is 53.1 Å². The molecule has 0 unspecified atom stereocenters. The van der Waals surface area contributed by atoms with Gasteiger partial charge in [-0.15, -0.1) is 0 Å². The van der Waals surface area contributed by atoms with Crippen molar-refractivity contribution in [1.29, 1.82) is 0 Å². The Labute approximate surface area is 117 Å². The Morgan fingerprint density at radius 3 is 2.47 bits per heavy atom. The molecule has 100 valence electrons. The SMILES string of the molecule is Cc1ccccc1S(=O)(=O)Nc1ccc(Cl)c(N)c1. The Kier molecular flexibility index (Phi) is 3.68. The van der Waals surface area contributed by atoms with Gasteiger partial charge in [0, 0.05) is 0 Å². The molecule has 0 atom stereocenters. The van der Waals surface area contributed by atoms with Crippen molar-refractivity contribution in [3.8, 4) is 0 Å². The lowest BCUT2D eigenvalue weighted by atomic mass is 10.2. The fourth-order valence-electron chi connectivity index (χ4n) is 1.68. The number of halogens is 1. The molecule has 0 saturated heterocycles. The van der Waals surface area contributed by atoms with Crippen molar-refractivity contribution in [2.75, 3.05) is 10.5 Å². The summed E-state index contributed by atoms with van der Waals surface area (Å²) in [7, 11) is -3.62. The Balaban J connectivity index is 2.37. The zero-order chi connectivity index (χ0) is 14.0. The molecule has 0 spiro atoms. The van der Waals surface area contributed by atoms with Gasteiger partial charge in [-0.2, -0.15) is 0 Å². The van der Waals surface area contributed by atoms with Gasteiger partial charge >= 0.3 is 0 Å². The molecule has 0 radical (unpaired) electrons. The molecule has 4 nitrogen and oxygen atoms in total. The van der Waals surface area contributed by atoms with Gasteiger partial charge in [-0.3, -0.25) is 4.72 Å². The summed E-state index contributed by atoms with van der Waals surface area (Å²) in [6, 6.07) is 11.4. The van der Waals surface area contributed by atoms with Gasteiger partial charge in [0.2, 0.25) is 0 Å². The minimum atomic E-state index is -3.62. The number of sulfonamides is 1. The van der Waals surface area contributed by atoms with Gasteiger partial charge in [-0.25, -0.2) is 8.42 Å². The molecular weight excluding hydrogens is 284 g/mol. The highest BCUT2D eigenvalue weighted by Crippen LogP contribution is 2.25. The fraction of sp³-hybridized carbons (Fsp3) is 0.0769. The van der Waals surface area contributed by atoms with Gasteiger partial charge in [0.05, 0.1) is 21.3 Å². The van der Waals surface area contributed by atoms with Crippen LogP contribution in [0.15, 0.2) is 47.4 Å². The second-order valence-corrected chi connectivity index (χ2v) is 6.17. The molecule has 0 aliphatic rings. The Bertz CT molecular complexity index is 714. The average molecular weight is 297 g/mol. The summed E-state index contributed by atoms with van der Waals surface area (Å²) in [6.07, 6.45) is 0. The zero-order valence-corrected chi connectivity index (χ0v) is 11.8. The quantitative estimate of drug-likeness (QED) is 0.855. The van der Waals surface area contributed by atoms with Crippen LogP contribution in [0.1, 0.15) is 5.56 Å². The molecular formula is C13H13ClN2O2S. The largest absolute Gasteiger partial charge is 0.397 e. The molecule has 6 heteroatoms. The van der Waals surface area contributed by atoms with Gasteiger partial charge < -0.3 is 5.73 Å². The van der Waals surface area contributed by atoms with Crippen molar-refractivity contribution in [2.24, 2.45) is 0 Å². The van der Waals surface area contributed by atoms with Gasteiger partial charge in [0.25, 0.3) is 10.0 Å². The van der Waals surface area contributed by atoms with Gasteiger partial charge in [0.15, 0.2) is 0 Å². The number of aryl methyl sites for hydroxylation is 1. The lowest BCUT2D eigenvalue weighted by molar-refractivity contribution is 0.600. The highest BCUT2D eigenvalue weighted by atomic mass is 35.5. The van der Waals surface area contributed by atoms with Crippen LogP contribution >= 0.6 is 11.6 Å². The lowest BCUT2D eigenvalue weighted by Crippen LogP contribution is -2.14. The molecule has 0 aliphatic heterocycles. The van der Waals surface area contributed by atoms with Crippen molar-refractivity contribution in [3.63, 3.8) is 0 Å². The molecule has 2 rings (SSSR count). The first-order valence-corrected chi connectivity index (χ1v) is 7.40. The molecule has 2 aromatic rings. The summed E-state index contributed by atoms with van der Waals surface area (Å²) in [4.78, 5) is 0.239. The molecule has 0 bridgehead atoms. The number of hydrogen-bond acceptors (Lipinski definition) is 3. The van der Waals surface area contributed by atoms with Crippen molar-refractivity contribution in [1.82, 2.24) is 0 Å². The van der Waals surface area contributed by atoms with Crippen LogP contribution in [0.25, 0.3) is 0 Å². The van der Waals surface area contributed by atoms with Crippen LogP contribution in [0, 0.1) is 6.92 Å².